The monoisotopic (exact) mass is 203 g/mol. The molecule has 2 rings (SSSR count). The van der Waals surface area contributed by atoms with Gasteiger partial charge in [0.1, 0.15) is 0 Å². The highest BCUT2D eigenvalue weighted by Crippen LogP contribution is 2.39. The third-order valence-corrected chi connectivity index (χ3v) is 3.80. The SMILES string of the molecule is CC[C@@H]1CCCC[C@@H]1c1ccc(N)cc1. The number of nitrogens with two attached hydrogens (primary N) is 1. The van der Waals surface area contributed by atoms with Crippen molar-refractivity contribution in [1.29, 1.82) is 0 Å². The molecule has 2 atom stereocenters. The normalized spacial score (nSPS) is 26.5. The first-order valence-corrected chi connectivity index (χ1v) is 6.16. The first kappa shape index (κ1) is 10.5. The van der Waals surface area contributed by atoms with E-state index in [2.05, 4.69) is 19.1 Å². The van der Waals surface area contributed by atoms with Gasteiger partial charge in [0, 0.05) is 5.69 Å². The molecule has 1 aromatic rings. The molecule has 0 bridgehead atoms. The lowest BCUT2D eigenvalue weighted by atomic mass is 9.74. The zero-order chi connectivity index (χ0) is 10.7. The second-order valence-corrected chi connectivity index (χ2v) is 4.73. The minimum absolute atomic E-state index is 0.782. The van der Waals surface area contributed by atoms with Crippen LogP contribution in [-0.2, 0) is 0 Å². The number of nitrogen functional groups attached to an aromatic ring is 1. The topological polar surface area (TPSA) is 26.0 Å². The molecule has 2 N–H and O–H groups in total. The molecule has 1 aliphatic carbocycles. The van der Waals surface area contributed by atoms with E-state index in [1.54, 1.807) is 0 Å². The highest BCUT2D eigenvalue weighted by molar-refractivity contribution is 5.40. The molecule has 1 aliphatic rings. The van der Waals surface area contributed by atoms with Crippen LogP contribution in [0.15, 0.2) is 24.3 Å². The quantitative estimate of drug-likeness (QED) is 0.723. The Kier molecular flexibility index (Phi) is 3.30. The third-order valence-electron chi connectivity index (χ3n) is 3.80. The average Bonchev–Trinajstić information content (AvgIpc) is 2.30. The highest BCUT2D eigenvalue weighted by Gasteiger charge is 2.24. The molecular weight excluding hydrogens is 182 g/mol. The number of anilines is 1. The van der Waals surface area contributed by atoms with Crippen LogP contribution in [-0.4, -0.2) is 0 Å². The molecule has 1 nitrogen and oxygen atoms in total. The fourth-order valence-electron chi connectivity index (χ4n) is 2.88. The van der Waals surface area contributed by atoms with Gasteiger partial charge in [-0.2, -0.15) is 0 Å². The van der Waals surface area contributed by atoms with Crippen molar-refractivity contribution < 1.29 is 0 Å². The summed E-state index contributed by atoms with van der Waals surface area (Å²) < 4.78 is 0. The van der Waals surface area contributed by atoms with Crippen LogP contribution in [0.3, 0.4) is 0 Å². The van der Waals surface area contributed by atoms with Gasteiger partial charge in [-0.15, -0.1) is 0 Å². The summed E-state index contributed by atoms with van der Waals surface area (Å²) in [5, 5.41) is 0. The number of hydrogen-bond donors (Lipinski definition) is 1. The van der Waals surface area contributed by atoms with E-state index in [4.69, 9.17) is 5.73 Å². The fraction of sp³-hybridized carbons (Fsp3) is 0.571. The molecule has 1 saturated carbocycles. The number of rotatable bonds is 2. The van der Waals surface area contributed by atoms with Crippen molar-refractivity contribution in [1.82, 2.24) is 0 Å². The Morgan fingerprint density at radius 3 is 2.47 bits per heavy atom. The molecule has 0 aliphatic heterocycles. The lowest BCUT2D eigenvalue weighted by molar-refractivity contribution is 0.299. The zero-order valence-electron chi connectivity index (χ0n) is 9.58. The molecule has 0 unspecified atom stereocenters. The second kappa shape index (κ2) is 4.69. The first-order valence-electron chi connectivity index (χ1n) is 6.16. The van der Waals surface area contributed by atoms with Crippen LogP contribution >= 0.6 is 0 Å². The predicted molar refractivity (Wildman–Crippen MR) is 65.8 cm³/mol. The van der Waals surface area contributed by atoms with E-state index in [0.717, 1.165) is 17.5 Å². The molecule has 0 aromatic heterocycles. The maximum atomic E-state index is 5.72. The van der Waals surface area contributed by atoms with Crippen LogP contribution in [0.5, 0.6) is 0 Å². The van der Waals surface area contributed by atoms with Gasteiger partial charge in [-0.05, 0) is 42.4 Å². The molecule has 1 heteroatoms. The smallest absolute Gasteiger partial charge is 0.0314 e. The van der Waals surface area contributed by atoms with Crippen molar-refractivity contribution in [3.63, 3.8) is 0 Å². The van der Waals surface area contributed by atoms with Gasteiger partial charge in [0.05, 0.1) is 0 Å². The van der Waals surface area contributed by atoms with Crippen molar-refractivity contribution >= 4 is 5.69 Å². The van der Waals surface area contributed by atoms with Crippen molar-refractivity contribution in [3.05, 3.63) is 29.8 Å². The van der Waals surface area contributed by atoms with Crippen LogP contribution in [0.2, 0.25) is 0 Å². The lowest BCUT2D eigenvalue weighted by Crippen LogP contribution is -2.16. The molecular formula is C14H21N. The lowest BCUT2D eigenvalue weighted by Gasteiger charge is -2.31. The van der Waals surface area contributed by atoms with Gasteiger partial charge in [-0.3, -0.25) is 0 Å². The predicted octanol–water partition coefficient (Wildman–Crippen LogP) is 3.95. The van der Waals surface area contributed by atoms with Crippen LogP contribution in [0.25, 0.3) is 0 Å². The van der Waals surface area contributed by atoms with Crippen molar-refractivity contribution in [3.8, 4) is 0 Å². The van der Waals surface area contributed by atoms with Gasteiger partial charge in [0.15, 0.2) is 0 Å². The molecule has 0 heterocycles. The number of hydrogen-bond acceptors (Lipinski definition) is 1. The molecule has 0 radical (unpaired) electrons. The Morgan fingerprint density at radius 1 is 1.13 bits per heavy atom. The molecule has 15 heavy (non-hydrogen) atoms. The molecule has 82 valence electrons. The van der Waals surface area contributed by atoms with E-state index >= 15 is 0 Å². The second-order valence-electron chi connectivity index (χ2n) is 4.73. The van der Waals surface area contributed by atoms with E-state index in [-0.39, 0.29) is 0 Å². The van der Waals surface area contributed by atoms with Gasteiger partial charge < -0.3 is 5.73 Å². The van der Waals surface area contributed by atoms with Crippen LogP contribution in [0.4, 0.5) is 5.69 Å². The summed E-state index contributed by atoms with van der Waals surface area (Å²) in [5.41, 5.74) is 8.10. The number of benzene rings is 1. The van der Waals surface area contributed by atoms with E-state index in [1.165, 1.54) is 37.7 Å². The van der Waals surface area contributed by atoms with Gasteiger partial charge in [0.2, 0.25) is 0 Å². The maximum Gasteiger partial charge on any atom is 0.0314 e. The largest absolute Gasteiger partial charge is 0.399 e. The molecule has 1 fully saturated rings. The fourth-order valence-corrected chi connectivity index (χ4v) is 2.88. The summed E-state index contributed by atoms with van der Waals surface area (Å²) in [6.45, 7) is 2.32. The van der Waals surface area contributed by atoms with E-state index in [0.29, 0.717) is 0 Å². The summed E-state index contributed by atoms with van der Waals surface area (Å²) in [4.78, 5) is 0. The molecule has 0 spiro atoms. The summed E-state index contributed by atoms with van der Waals surface area (Å²) >= 11 is 0. The maximum absolute atomic E-state index is 5.72. The standard InChI is InChI=1S/C14H21N/c1-2-11-5-3-4-6-14(11)12-7-9-13(15)10-8-12/h7-11,14H,2-6,15H2,1H3/t11-,14+/m1/s1. The van der Waals surface area contributed by atoms with E-state index in [1.807, 2.05) is 12.1 Å². The van der Waals surface area contributed by atoms with Crippen LogP contribution in [0, 0.1) is 5.92 Å². The summed E-state index contributed by atoms with van der Waals surface area (Å²) in [7, 11) is 0. The van der Waals surface area contributed by atoms with Crippen LogP contribution in [0.1, 0.15) is 50.5 Å². The Bertz CT molecular complexity index is 302. The Morgan fingerprint density at radius 2 is 1.80 bits per heavy atom. The highest BCUT2D eigenvalue weighted by atomic mass is 14.5. The van der Waals surface area contributed by atoms with Gasteiger partial charge in [-0.25, -0.2) is 0 Å². The van der Waals surface area contributed by atoms with Crippen molar-refractivity contribution in [2.24, 2.45) is 5.92 Å². The Labute approximate surface area is 92.7 Å². The molecule has 0 amide bonds. The van der Waals surface area contributed by atoms with E-state index < -0.39 is 0 Å². The molecule has 0 saturated heterocycles. The minimum Gasteiger partial charge on any atom is -0.399 e. The van der Waals surface area contributed by atoms with Gasteiger partial charge in [0.25, 0.3) is 0 Å². The summed E-state index contributed by atoms with van der Waals surface area (Å²) in [5.74, 6) is 1.67. The summed E-state index contributed by atoms with van der Waals surface area (Å²) in [6, 6.07) is 8.51. The van der Waals surface area contributed by atoms with Gasteiger partial charge >= 0.3 is 0 Å². The van der Waals surface area contributed by atoms with E-state index in [9.17, 15) is 0 Å². The zero-order valence-corrected chi connectivity index (χ0v) is 9.58. The average molecular weight is 203 g/mol. The van der Waals surface area contributed by atoms with Crippen molar-refractivity contribution in [2.45, 2.75) is 44.9 Å². The first-order chi connectivity index (χ1) is 7.31. The molecule has 1 aromatic carbocycles. The Balaban J connectivity index is 2.16. The van der Waals surface area contributed by atoms with Gasteiger partial charge in [-0.1, -0.05) is 38.3 Å². The third kappa shape index (κ3) is 2.34. The van der Waals surface area contributed by atoms with Crippen molar-refractivity contribution in [2.75, 3.05) is 5.73 Å². The minimum atomic E-state index is 0.782. The Hall–Kier alpha value is -0.980. The summed E-state index contributed by atoms with van der Waals surface area (Å²) in [6.07, 6.45) is 6.90. The van der Waals surface area contributed by atoms with Crippen LogP contribution < -0.4 is 5.73 Å².